The molecule has 1 N–H and O–H groups in total. The average molecular weight is 267 g/mol. The lowest BCUT2D eigenvalue weighted by Gasteiger charge is -2.26. The number of hydrogen-bond donors (Lipinski definition) is 1. The summed E-state index contributed by atoms with van der Waals surface area (Å²) in [5, 5.41) is 3.36. The molecule has 0 spiro atoms. The number of anilines is 1. The van der Waals surface area contributed by atoms with Crippen LogP contribution in [-0.2, 0) is 9.84 Å². The lowest BCUT2D eigenvalue weighted by molar-refractivity contribution is 0.575. The standard InChI is InChI=1S/C12H17N3O2S/c1-18(16,17)11-3-2-5-14-12(11)15-6-4-9-7-13-8-10(9)15/h2-3,5,9-10,13H,4,6-8H2,1H3/t9-,10+/m0/s1. The average Bonchev–Trinajstić information content (AvgIpc) is 2.89. The molecule has 2 fully saturated rings. The number of hydrogen-bond acceptors (Lipinski definition) is 5. The van der Waals surface area contributed by atoms with Crippen LogP contribution in [0.2, 0.25) is 0 Å². The summed E-state index contributed by atoms with van der Waals surface area (Å²) in [6, 6.07) is 3.72. The highest BCUT2D eigenvalue weighted by Crippen LogP contribution is 2.33. The predicted molar refractivity (Wildman–Crippen MR) is 69.5 cm³/mol. The Balaban J connectivity index is 2.02. The van der Waals surface area contributed by atoms with Gasteiger partial charge >= 0.3 is 0 Å². The van der Waals surface area contributed by atoms with Gasteiger partial charge in [0.05, 0.1) is 0 Å². The molecule has 2 saturated heterocycles. The van der Waals surface area contributed by atoms with E-state index in [1.165, 1.54) is 6.26 Å². The highest BCUT2D eigenvalue weighted by atomic mass is 32.2. The summed E-state index contributed by atoms with van der Waals surface area (Å²) in [5.74, 6) is 1.25. The molecular weight excluding hydrogens is 250 g/mol. The number of fused-ring (bicyclic) bond motifs is 1. The van der Waals surface area contributed by atoms with E-state index in [4.69, 9.17) is 0 Å². The summed E-state index contributed by atoms with van der Waals surface area (Å²) in [6.07, 6.45) is 4.02. The highest BCUT2D eigenvalue weighted by molar-refractivity contribution is 7.90. The van der Waals surface area contributed by atoms with Crippen molar-refractivity contribution in [2.75, 3.05) is 30.8 Å². The van der Waals surface area contributed by atoms with E-state index >= 15 is 0 Å². The fraction of sp³-hybridized carbons (Fsp3) is 0.583. The maximum absolute atomic E-state index is 11.8. The minimum absolute atomic E-state index is 0.345. The quantitative estimate of drug-likeness (QED) is 0.834. The van der Waals surface area contributed by atoms with Gasteiger partial charge in [-0.25, -0.2) is 13.4 Å². The van der Waals surface area contributed by atoms with Crippen LogP contribution in [0.4, 0.5) is 5.82 Å². The van der Waals surface area contributed by atoms with Crippen molar-refractivity contribution in [3.63, 3.8) is 0 Å². The summed E-state index contributed by atoms with van der Waals surface area (Å²) in [4.78, 5) is 6.81. The molecule has 0 unspecified atom stereocenters. The number of pyridine rings is 1. The van der Waals surface area contributed by atoms with Gasteiger partial charge in [-0.3, -0.25) is 0 Å². The molecule has 1 aromatic rings. The van der Waals surface area contributed by atoms with Crippen LogP contribution in [0.15, 0.2) is 23.2 Å². The van der Waals surface area contributed by atoms with Crippen LogP contribution in [0.5, 0.6) is 0 Å². The van der Waals surface area contributed by atoms with Crippen molar-refractivity contribution in [3.8, 4) is 0 Å². The van der Waals surface area contributed by atoms with Gasteiger partial charge in [0.1, 0.15) is 10.7 Å². The van der Waals surface area contributed by atoms with Crippen LogP contribution in [0.25, 0.3) is 0 Å². The maximum Gasteiger partial charge on any atom is 0.179 e. The largest absolute Gasteiger partial charge is 0.351 e. The van der Waals surface area contributed by atoms with Gasteiger partial charge in [-0.05, 0) is 24.5 Å². The molecule has 0 saturated carbocycles. The van der Waals surface area contributed by atoms with E-state index in [0.717, 1.165) is 26.1 Å². The third-order valence-corrected chi connectivity index (χ3v) is 4.99. The normalized spacial score (nSPS) is 27.5. The van der Waals surface area contributed by atoms with Crippen LogP contribution in [0, 0.1) is 5.92 Å². The Bertz CT molecular complexity index is 558. The molecule has 3 rings (SSSR count). The lowest BCUT2D eigenvalue weighted by atomic mass is 10.1. The smallest absolute Gasteiger partial charge is 0.179 e. The first-order valence-electron chi connectivity index (χ1n) is 6.20. The van der Waals surface area contributed by atoms with Crippen LogP contribution >= 0.6 is 0 Å². The summed E-state index contributed by atoms with van der Waals surface area (Å²) in [5.41, 5.74) is 0. The fourth-order valence-corrected chi connectivity index (χ4v) is 3.83. The monoisotopic (exact) mass is 267 g/mol. The van der Waals surface area contributed by atoms with Gasteiger partial charge in [-0.1, -0.05) is 0 Å². The Kier molecular flexibility index (Phi) is 2.79. The van der Waals surface area contributed by atoms with Gasteiger partial charge in [0.25, 0.3) is 0 Å². The molecule has 0 radical (unpaired) electrons. The van der Waals surface area contributed by atoms with Crippen molar-refractivity contribution >= 4 is 15.7 Å². The number of rotatable bonds is 2. The van der Waals surface area contributed by atoms with E-state index in [-0.39, 0.29) is 0 Å². The molecule has 0 aromatic carbocycles. The van der Waals surface area contributed by atoms with Crippen LogP contribution in [0.1, 0.15) is 6.42 Å². The topological polar surface area (TPSA) is 62.3 Å². The molecule has 2 aliphatic heterocycles. The van der Waals surface area contributed by atoms with E-state index < -0.39 is 9.84 Å². The molecule has 3 heterocycles. The molecule has 2 atom stereocenters. The Morgan fingerprint density at radius 1 is 1.44 bits per heavy atom. The Hall–Kier alpha value is -1.14. The summed E-state index contributed by atoms with van der Waals surface area (Å²) in [7, 11) is -3.22. The first kappa shape index (κ1) is 11.9. The maximum atomic E-state index is 11.8. The molecule has 5 nitrogen and oxygen atoms in total. The van der Waals surface area contributed by atoms with Gasteiger partial charge in [0.15, 0.2) is 9.84 Å². The summed E-state index contributed by atoms with van der Waals surface area (Å²) in [6.45, 7) is 2.85. The van der Waals surface area contributed by atoms with Crippen molar-refractivity contribution < 1.29 is 8.42 Å². The summed E-state index contributed by atoms with van der Waals surface area (Å²) >= 11 is 0. The van der Waals surface area contributed by atoms with Gasteiger partial charge in [0, 0.05) is 38.1 Å². The first-order valence-corrected chi connectivity index (χ1v) is 8.09. The van der Waals surface area contributed by atoms with E-state index in [0.29, 0.717) is 22.7 Å². The third kappa shape index (κ3) is 1.89. The van der Waals surface area contributed by atoms with E-state index in [1.807, 2.05) is 0 Å². The second-order valence-corrected chi connectivity index (χ2v) is 7.05. The lowest BCUT2D eigenvalue weighted by Crippen LogP contribution is -2.35. The van der Waals surface area contributed by atoms with Crippen molar-refractivity contribution in [2.24, 2.45) is 5.92 Å². The van der Waals surface area contributed by atoms with E-state index in [9.17, 15) is 8.42 Å². The number of nitrogens with one attached hydrogen (secondary N) is 1. The molecule has 0 amide bonds. The Morgan fingerprint density at radius 3 is 3.06 bits per heavy atom. The number of aromatic nitrogens is 1. The molecule has 0 aliphatic carbocycles. The zero-order chi connectivity index (χ0) is 12.8. The summed E-state index contributed by atoms with van der Waals surface area (Å²) < 4.78 is 23.6. The zero-order valence-corrected chi connectivity index (χ0v) is 11.2. The van der Waals surface area contributed by atoms with Crippen LogP contribution in [-0.4, -0.2) is 45.3 Å². The van der Waals surface area contributed by atoms with Crippen molar-refractivity contribution in [3.05, 3.63) is 18.3 Å². The van der Waals surface area contributed by atoms with Crippen molar-refractivity contribution in [1.82, 2.24) is 10.3 Å². The molecule has 2 aliphatic rings. The van der Waals surface area contributed by atoms with Crippen LogP contribution in [0.3, 0.4) is 0 Å². The SMILES string of the molecule is CS(=O)(=O)c1cccnc1N1CC[C@H]2CNC[C@H]21. The van der Waals surface area contributed by atoms with Crippen molar-refractivity contribution in [1.29, 1.82) is 0 Å². The fourth-order valence-electron chi connectivity index (χ4n) is 3.00. The highest BCUT2D eigenvalue weighted by Gasteiger charge is 2.39. The van der Waals surface area contributed by atoms with Gasteiger partial charge in [0.2, 0.25) is 0 Å². The van der Waals surface area contributed by atoms with Crippen molar-refractivity contribution in [2.45, 2.75) is 17.4 Å². The number of sulfone groups is 1. The van der Waals surface area contributed by atoms with E-state index in [2.05, 4.69) is 15.2 Å². The van der Waals surface area contributed by atoms with Crippen LogP contribution < -0.4 is 10.2 Å². The molecule has 1 aromatic heterocycles. The Labute approximate surface area is 107 Å². The predicted octanol–water partition coefficient (Wildman–Crippen LogP) is 0.283. The molecular formula is C12H17N3O2S. The first-order chi connectivity index (χ1) is 8.57. The van der Waals surface area contributed by atoms with Gasteiger partial charge < -0.3 is 10.2 Å². The second kappa shape index (κ2) is 4.20. The molecule has 6 heteroatoms. The molecule has 18 heavy (non-hydrogen) atoms. The minimum Gasteiger partial charge on any atom is -0.351 e. The molecule has 0 bridgehead atoms. The number of nitrogens with zero attached hydrogens (tertiary/aromatic N) is 2. The van der Waals surface area contributed by atoms with Gasteiger partial charge in [-0.15, -0.1) is 0 Å². The zero-order valence-electron chi connectivity index (χ0n) is 10.3. The second-order valence-electron chi connectivity index (χ2n) is 5.07. The van der Waals surface area contributed by atoms with Gasteiger partial charge in [-0.2, -0.15) is 0 Å². The molecule has 98 valence electrons. The minimum atomic E-state index is -3.22. The van der Waals surface area contributed by atoms with E-state index in [1.54, 1.807) is 18.3 Å². The third-order valence-electron chi connectivity index (χ3n) is 3.87. The Morgan fingerprint density at radius 2 is 2.28 bits per heavy atom.